The standard InChI is InChI=1S/C25H29ClN2O2/c1-16(2)20-13-8-17(3)14-23(20)30-24(29)15-28-22-7-5-4-6-21(22)27-25(28)18-9-11-19(26)12-10-18/h4-7,9-12,16-17,20,23H,8,13-15H2,1-3H3/t17-,20+,23?/m1/s1. The topological polar surface area (TPSA) is 44.1 Å². The number of carbonyl (C=O) groups excluding carboxylic acids is 1. The Morgan fingerprint density at radius 2 is 1.90 bits per heavy atom. The van der Waals surface area contributed by atoms with Crippen molar-refractivity contribution in [1.82, 2.24) is 9.55 Å². The molecule has 158 valence electrons. The van der Waals surface area contributed by atoms with Crippen molar-refractivity contribution in [2.45, 2.75) is 52.7 Å². The Hall–Kier alpha value is -2.33. The minimum atomic E-state index is -0.196. The first-order valence-electron chi connectivity index (χ1n) is 10.8. The summed E-state index contributed by atoms with van der Waals surface area (Å²) in [5.41, 5.74) is 2.72. The molecule has 1 aliphatic rings. The minimum absolute atomic E-state index is 0.00461. The maximum Gasteiger partial charge on any atom is 0.326 e. The van der Waals surface area contributed by atoms with Gasteiger partial charge in [0.05, 0.1) is 11.0 Å². The molecule has 3 aromatic rings. The summed E-state index contributed by atoms with van der Waals surface area (Å²) in [6.45, 7) is 6.85. The average Bonchev–Trinajstić information content (AvgIpc) is 3.07. The molecule has 4 rings (SSSR count). The number of imidazole rings is 1. The number of halogens is 1. The van der Waals surface area contributed by atoms with E-state index < -0.39 is 0 Å². The largest absolute Gasteiger partial charge is 0.461 e. The summed E-state index contributed by atoms with van der Waals surface area (Å²) >= 11 is 6.06. The molecule has 1 heterocycles. The number of hydrogen-bond acceptors (Lipinski definition) is 3. The normalized spacial score (nSPS) is 21.8. The van der Waals surface area contributed by atoms with Crippen LogP contribution in [0.2, 0.25) is 5.02 Å². The van der Waals surface area contributed by atoms with Gasteiger partial charge in [0.25, 0.3) is 0 Å². The Bertz CT molecular complexity index is 1030. The molecule has 3 atom stereocenters. The molecule has 0 saturated heterocycles. The SMILES string of the molecule is CC(C)[C@@H]1CC[C@@H](C)CC1OC(=O)Cn1c(-c2ccc(Cl)cc2)nc2ccccc21. The highest BCUT2D eigenvalue weighted by atomic mass is 35.5. The maximum absolute atomic E-state index is 13.0. The highest BCUT2D eigenvalue weighted by Crippen LogP contribution is 2.35. The van der Waals surface area contributed by atoms with E-state index in [2.05, 4.69) is 20.8 Å². The summed E-state index contributed by atoms with van der Waals surface area (Å²) < 4.78 is 8.02. The zero-order valence-corrected chi connectivity index (χ0v) is 18.6. The van der Waals surface area contributed by atoms with Crippen LogP contribution in [0.25, 0.3) is 22.4 Å². The number of hydrogen-bond donors (Lipinski definition) is 0. The molecule has 4 nitrogen and oxygen atoms in total. The van der Waals surface area contributed by atoms with E-state index in [0.717, 1.165) is 35.3 Å². The van der Waals surface area contributed by atoms with Gasteiger partial charge in [-0.05, 0) is 67.0 Å². The fraction of sp³-hybridized carbons (Fsp3) is 0.440. The lowest BCUT2D eigenvalue weighted by Gasteiger charge is -2.36. The number of ether oxygens (including phenoxy) is 1. The second-order valence-electron chi connectivity index (χ2n) is 8.87. The van der Waals surface area contributed by atoms with Crippen LogP contribution in [0.5, 0.6) is 0 Å². The zero-order valence-electron chi connectivity index (χ0n) is 17.8. The van der Waals surface area contributed by atoms with Crippen LogP contribution in [0.1, 0.15) is 40.0 Å². The number of esters is 1. The van der Waals surface area contributed by atoms with Crippen molar-refractivity contribution >= 4 is 28.6 Å². The number of benzene rings is 2. The van der Waals surface area contributed by atoms with E-state index in [1.807, 2.05) is 53.1 Å². The number of fused-ring (bicyclic) bond motifs is 1. The number of carbonyl (C=O) groups is 1. The molecular formula is C25H29ClN2O2. The summed E-state index contributed by atoms with van der Waals surface area (Å²) in [4.78, 5) is 17.8. The van der Waals surface area contributed by atoms with E-state index in [4.69, 9.17) is 21.3 Å². The Labute approximate surface area is 183 Å². The number of nitrogens with zero attached hydrogens (tertiary/aromatic N) is 2. The van der Waals surface area contributed by atoms with Gasteiger partial charge in [-0.25, -0.2) is 4.98 Å². The molecule has 1 saturated carbocycles. The van der Waals surface area contributed by atoms with Gasteiger partial charge in [0.1, 0.15) is 18.5 Å². The Morgan fingerprint density at radius 3 is 2.63 bits per heavy atom. The third-order valence-electron chi connectivity index (χ3n) is 6.29. The van der Waals surface area contributed by atoms with E-state index in [1.54, 1.807) is 0 Å². The van der Waals surface area contributed by atoms with Crippen molar-refractivity contribution in [3.8, 4) is 11.4 Å². The highest BCUT2D eigenvalue weighted by molar-refractivity contribution is 6.30. The first-order valence-corrected chi connectivity index (χ1v) is 11.2. The lowest BCUT2D eigenvalue weighted by molar-refractivity contribution is -0.156. The summed E-state index contributed by atoms with van der Waals surface area (Å²) in [6.07, 6.45) is 3.28. The van der Waals surface area contributed by atoms with Gasteiger partial charge in [-0.3, -0.25) is 4.79 Å². The van der Waals surface area contributed by atoms with Crippen molar-refractivity contribution in [3.63, 3.8) is 0 Å². The number of para-hydroxylation sites is 2. The summed E-state index contributed by atoms with van der Waals surface area (Å²) in [6, 6.07) is 15.4. The second kappa shape index (κ2) is 8.81. The van der Waals surface area contributed by atoms with Gasteiger partial charge in [-0.15, -0.1) is 0 Å². The fourth-order valence-corrected chi connectivity index (χ4v) is 4.77. The molecule has 0 spiro atoms. The summed E-state index contributed by atoms with van der Waals surface area (Å²) in [5.74, 6) is 2.09. The van der Waals surface area contributed by atoms with Gasteiger partial charge in [0.2, 0.25) is 0 Å². The third-order valence-corrected chi connectivity index (χ3v) is 6.54. The lowest BCUT2D eigenvalue weighted by atomic mass is 9.75. The number of rotatable bonds is 5. The molecule has 1 fully saturated rings. The smallest absolute Gasteiger partial charge is 0.326 e. The van der Waals surface area contributed by atoms with Crippen molar-refractivity contribution < 1.29 is 9.53 Å². The fourth-order valence-electron chi connectivity index (χ4n) is 4.64. The molecule has 1 unspecified atom stereocenters. The molecule has 0 bridgehead atoms. The summed E-state index contributed by atoms with van der Waals surface area (Å²) in [7, 11) is 0. The molecule has 5 heteroatoms. The van der Waals surface area contributed by atoms with Crippen LogP contribution in [0.15, 0.2) is 48.5 Å². The van der Waals surface area contributed by atoms with Crippen molar-refractivity contribution in [2.75, 3.05) is 0 Å². The van der Waals surface area contributed by atoms with Crippen molar-refractivity contribution in [3.05, 3.63) is 53.6 Å². The van der Waals surface area contributed by atoms with Crippen LogP contribution in [0.3, 0.4) is 0 Å². The molecule has 0 aliphatic heterocycles. The van der Waals surface area contributed by atoms with Crippen LogP contribution in [-0.2, 0) is 16.1 Å². The molecule has 1 aliphatic carbocycles. The Balaban J connectivity index is 1.62. The predicted octanol–water partition coefficient (Wildman–Crippen LogP) is 6.36. The Morgan fingerprint density at radius 1 is 1.17 bits per heavy atom. The van der Waals surface area contributed by atoms with Crippen LogP contribution in [0.4, 0.5) is 0 Å². The van der Waals surface area contributed by atoms with Gasteiger partial charge in [0, 0.05) is 10.6 Å². The second-order valence-corrected chi connectivity index (χ2v) is 9.31. The predicted molar refractivity (Wildman–Crippen MR) is 121 cm³/mol. The molecule has 2 aromatic carbocycles. The molecule has 1 aromatic heterocycles. The Kier molecular flexibility index (Phi) is 6.14. The first kappa shape index (κ1) is 20.9. The average molecular weight is 425 g/mol. The first-order chi connectivity index (χ1) is 14.4. The van der Waals surface area contributed by atoms with E-state index >= 15 is 0 Å². The van der Waals surface area contributed by atoms with E-state index in [1.165, 1.54) is 6.42 Å². The molecule has 0 radical (unpaired) electrons. The van der Waals surface area contributed by atoms with Gasteiger partial charge in [-0.1, -0.05) is 50.9 Å². The lowest BCUT2D eigenvalue weighted by Crippen LogP contribution is -2.36. The zero-order chi connectivity index (χ0) is 21.3. The van der Waals surface area contributed by atoms with Crippen LogP contribution < -0.4 is 0 Å². The van der Waals surface area contributed by atoms with E-state index in [9.17, 15) is 4.79 Å². The maximum atomic E-state index is 13.0. The minimum Gasteiger partial charge on any atom is -0.461 e. The third kappa shape index (κ3) is 4.39. The van der Waals surface area contributed by atoms with Gasteiger partial charge in [-0.2, -0.15) is 0 Å². The van der Waals surface area contributed by atoms with Crippen molar-refractivity contribution in [1.29, 1.82) is 0 Å². The highest BCUT2D eigenvalue weighted by Gasteiger charge is 2.33. The molecular weight excluding hydrogens is 396 g/mol. The van der Waals surface area contributed by atoms with Crippen LogP contribution in [-0.4, -0.2) is 21.6 Å². The van der Waals surface area contributed by atoms with Crippen molar-refractivity contribution in [2.24, 2.45) is 17.8 Å². The molecule has 0 N–H and O–H groups in total. The summed E-state index contributed by atoms with van der Waals surface area (Å²) in [5, 5.41) is 0.673. The van der Waals surface area contributed by atoms with Gasteiger partial charge >= 0.3 is 5.97 Å². The van der Waals surface area contributed by atoms with Crippen LogP contribution in [0, 0.1) is 17.8 Å². The van der Waals surface area contributed by atoms with Gasteiger partial charge < -0.3 is 9.30 Å². The quantitative estimate of drug-likeness (QED) is 0.447. The van der Waals surface area contributed by atoms with Crippen LogP contribution >= 0.6 is 11.6 Å². The van der Waals surface area contributed by atoms with E-state index in [0.29, 0.717) is 22.8 Å². The monoisotopic (exact) mass is 424 g/mol. The molecule has 30 heavy (non-hydrogen) atoms. The van der Waals surface area contributed by atoms with Gasteiger partial charge in [0.15, 0.2) is 0 Å². The van der Waals surface area contributed by atoms with E-state index in [-0.39, 0.29) is 18.6 Å². The number of aromatic nitrogens is 2. The molecule has 0 amide bonds.